The summed E-state index contributed by atoms with van der Waals surface area (Å²) in [5.74, 6) is 0.195. The molecule has 1 aromatic heterocycles. The smallest absolute Gasteiger partial charge is 0.336 e. The number of hydrogen-bond donors (Lipinski definition) is 2. The van der Waals surface area contributed by atoms with Crippen molar-refractivity contribution < 1.29 is 9.18 Å². The summed E-state index contributed by atoms with van der Waals surface area (Å²) in [5, 5.41) is 12.4. The third-order valence-corrected chi connectivity index (χ3v) is 5.81. The highest BCUT2D eigenvalue weighted by atomic mass is 19.1. The SMILES string of the molecule is O=C(NCCn1nc(-c2ccc(F)cc2)n(C2CC2)c1=O)NCc1cccc2ccccc12. The first-order chi connectivity index (χ1) is 16.1. The molecule has 0 bridgehead atoms. The lowest BCUT2D eigenvalue weighted by Crippen LogP contribution is -2.38. The van der Waals surface area contributed by atoms with E-state index in [0.717, 1.165) is 29.2 Å². The molecule has 8 heteroatoms. The highest BCUT2D eigenvalue weighted by Crippen LogP contribution is 2.36. The number of nitrogens with one attached hydrogen (secondary N) is 2. The molecule has 1 aliphatic carbocycles. The Hall–Kier alpha value is -3.94. The first-order valence-corrected chi connectivity index (χ1v) is 11.0. The van der Waals surface area contributed by atoms with Crippen molar-refractivity contribution in [1.29, 1.82) is 0 Å². The lowest BCUT2D eigenvalue weighted by Gasteiger charge is -2.09. The van der Waals surface area contributed by atoms with Crippen LogP contribution in [0.4, 0.5) is 9.18 Å². The van der Waals surface area contributed by atoms with Gasteiger partial charge in [-0.25, -0.2) is 18.7 Å². The molecule has 0 aliphatic heterocycles. The Balaban J connectivity index is 1.22. The number of rotatable bonds is 7. The number of carbonyl (C=O) groups excluding carboxylic acids is 1. The van der Waals surface area contributed by atoms with Crippen LogP contribution in [0, 0.1) is 5.82 Å². The Morgan fingerprint density at radius 2 is 1.76 bits per heavy atom. The number of carbonyl (C=O) groups is 1. The fourth-order valence-corrected chi connectivity index (χ4v) is 3.98. The molecule has 7 nitrogen and oxygen atoms in total. The maximum atomic E-state index is 13.3. The molecule has 3 aromatic carbocycles. The van der Waals surface area contributed by atoms with Gasteiger partial charge < -0.3 is 10.6 Å². The van der Waals surface area contributed by atoms with Crippen molar-refractivity contribution in [2.75, 3.05) is 6.54 Å². The minimum Gasteiger partial charge on any atom is -0.336 e. The number of fused-ring (bicyclic) bond motifs is 1. The average molecular weight is 445 g/mol. The Morgan fingerprint density at radius 1 is 1.00 bits per heavy atom. The van der Waals surface area contributed by atoms with Crippen LogP contribution >= 0.6 is 0 Å². The van der Waals surface area contributed by atoms with E-state index in [2.05, 4.69) is 15.7 Å². The minimum absolute atomic E-state index is 0.128. The van der Waals surface area contributed by atoms with Gasteiger partial charge in [-0.2, -0.15) is 0 Å². The summed E-state index contributed by atoms with van der Waals surface area (Å²) >= 11 is 0. The van der Waals surface area contributed by atoms with Gasteiger partial charge in [-0.05, 0) is 53.4 Å². The van der Waals surface area contributed by atoms with Gasteiger partial charge in [0, 0.05) is 24.7 Å². The Kier molecular flexibility index (Phi) is 5.64. The minimum atomic E-state index is -0.336. The predicted octanol–water partition coefficient (Wildman–Crippen LogP) is 3.84. The lowest BCUT2D eigenvalue weighted by atomic mass is 10.0. The topological polar surface area (TPSA) is 81.0 Å². The fourth-order valence-electron chi connectivity index (χ4n) is 3.98. The quantitative estimate of drug-likeness (QED) is 0.454. The van der Waals surface area contributed by atoms with Crippen molar-refractivity contribution in [2.45, 2.75) is 32.0 Å². The predicted molar refractivity (Wildman–Crippen MR) is 124 cm³/mol. The first kappa shape index (κ1) is 20.9. The van der Waals surface area contributed by atoms with Crippen molar-refractivity contribution in [3.8, 4) is 11.4 Å². The zero-order valence-electron chi connectivity index (χ0n) is 18.0. The summed E-state index contributed by atoms with van der Waals surface area (Å²) in [5.41, 5.74) is 1.52. The fraction of sp³-hybridized carbons (Fsp3) is 0.240. The van der Waals surface area contributed by atoms with E-state index in [1.54, 1.807) is 16.7 Å². The normalized spacial score (nSPS) is 13.2. The Bertz CT molecular complexity index is 1350. The molecule has 168 valence electrons. The molecule has 2 amide bonds. The number of hydrogen-bond acceptors (Lipinski definition) is 3. The molecular weight excluding hydrogens is 421 g/mol. The van der Waals surface area contributed by atoms with Crippen LogP contribution in [0.25, 0.3) is 22.2 Å². The van der Waals surface area contributed by atoms with Crippen molar-refractivity contribution >= 4 is 16.8 Å². The van der Waals surface area contributed by atoms with Gasteiger partial charge in [0.25, 0.3) is 0 Å². The van der Waals surface area contributed by atoms with Gasteiger partial charge in [-0.1, -0.05) is 42.5 Å². The molecule has 0 saturated heterocycles. The van der Waals surface area contributed by atoms with E-state index in [4.69, 9.17) is 0 Å². The van der Waals surface area contributed by atoms with Crippen LogP contribution in [0.2, 0.25) is 0 Å². The molecule has 5 rings (SSSR count). The van der Waals surface area contributed by atoms with Crippen LogP contribution in [-0.4, -0.2) is 26.9 Å². The molecule has 0 atom stereocenters. The van der Waals surface area contributed by atoms with E-state index in [1.165, 1.54) is 16.8 Å². The maximum absolute atomic E-state index is 13.3. The van der Waals surface area contributed by atoms with Crippen molar-refractivity contribution in [3.05, 3.63) is 88.6 Å². The summed E-state index contributed by atoms with van der Waals surface area (Å²) in [6.45, 7) is 0.901. The molecular formula is C25H24FN5O2. The zero-order chi connectivity index (χ0) is 22.8. The number of nitrogens with zero attached hydrogens (tertiary/aromatic N) is 3. The van der Waals surface area contributed by atoms with Gasteiger partial charge in [-0.15, -0.1) is 5.10 Å². The van der Waals surface area contributed by atoms with Crippen LogP contribution in [0.15, 0.2) is 71.5 Å². The first-order valence-electron chi connectivity index (χ1n) is 11.0. The van der Waals surface area contributed by atoms with E-state index in [1.807, 2.05) is 42.5 Å². The van der Waals surface area contributed by atoms with Crippen LogP contribution in [-0.2, 0) is 13.1 Å². The summed E-state index contributed by atoms with van der Waals surface area (Å²) in [4.78, 5) is 25.2. The molecule has 1 saturated carbocycles. The van der Waals surface area contributed by atoms with E-state index >= 15 is 0 Å². The number of aromatic nitrogens is 3. The third-order valence-electron chi connectivity index (χ3n) is 5.81. The monoisotopic (exact) mass is 445 g/mol. The van der Waals surface area contributed by atoms with Crippen LogP contribution < -0.4 is 16.3 Å². The van der Waals surface area contributed by atoms with E-state index in [-0.39, 0.29) is 36.7 Å². The van der Waals surface area contributed by atoms with Gasteiger partial charge in [-0.3, -0.25) is 4.57 Å². The van der Waals surface area contributed by atoms with Crippen molar-refractivity contribution in [3.63, 3.8) is 0 Å². The molecule has 4 aromatic rings. The summed E-state index contributed by atoms with van der Waals surface area (Å²) in [6, 6.07) is 19.8. The largest absolute Gasteiger partial charge is 0.346 e. The summed E-state index contributed by atoms with van der Waals surface area (Å²) in [7, 11) is 0. The lowest BCUT2D eigenvalue weighted by molar-refractivity contribution is 0.240. The van der Waals surface area contributed by atoms with E-state index in [0.29, 0.717) is 17.9 Å². The van der Waals surface area contributed by atoms with Gasteiger partial charge in [0.15, 0.2) is 5.82 Å². The summed E-state index contributed by atoms with van der Waals surface area (Å²) < 4.78 is 16.3. The van der Waals surface area contributed by atoms with Crippen molar-refractivity contribution in [1.82, 2.24) is 25.0 Å². The van der Waals surface area contributed by atoms with E-state index in [9.17, 15) is 14.0 Å². The molecule has 1 aliphatic rings. The van der Waals surface area contributed by atoms with E-state index < -0.39 is 0 Å². The number of amides is 2. The second-order valence-corrected chi connectivity index (χ2v) is 8.19. The molecule has 0 radical (unpaired) electrons. The second kappa shape index (κ2) is 8.90. The van der Waals surface area contributed by atoms with Gasteiger partial charge in [0.2, 0.25) is 0 Å². The number of halogens is 1. The Morgan fingerprint density at radius 3 is 2.55 bits per heavy atom. The van der Waals surface area contributed by atoms with Gasteiger partial charge in [0.1, 0.15) is 5.82 Å². The Labute approximate surface area is 189 Å². The highest BCUT2D eigenvalue weighted by Gasteiger charge is 2.30. The number of urea groups is 1. The molecule has 2 N–H and O–H groups in total. The molecule has 0 spiro atoms. The standard InChI is InChI=1S/C25H24FN5O2/c26-20-10-8-18(9-11-20)23-29-30(25(33)31(23)21-12-13-21)15-14-27-24(32)28-16-19-6-3-5-17-4-1-2-7-22(17)19/h1-11,21H,12-16H2,(H2,27,28,32). The molecule has 33 heavy (non-hydrogen) atoms. The zero-order valence-corrected chi connectivity index (χ0v) is 18.0. The van der Waals surface area contributed by atoms with Crippen LogP contribution in [0.5, 0.6) is 0 Å². The van der Waals surface area contributed by atoms with Crippen LogP contribution in [0.1, 0.15) is 24.4 Å². The third kappa shape index (κ3) is 4.50. The van der Waals surface area contributed by atoms with Crippen molar-refractivity contribution in [2.24, 2.45) is 0 Å². The summed E-state index contributed by atoms with van der Waals surface area (Å²) in [6.07, 6.45) is 1.85. The second-order valence-electron chi connectivity index (χ2n) is 8.19. The molecule has 0 unspecified atom stereocenters. The molecule has 1 heterocycles. The molecule has 1 fully saturated rings. The average Bonchev–Trinajstić information content (AvgIpc) is 3.62. The van der Waals surface area contributed by atoms with Gasteiger partial charge in [0.05, 0.1) is 6.54 Å². The van der Waals surface area contributed by atoms with Gasteiger partial charge >= 0.3 is 11.7 Å². The number of benzene rings is 3. The maximum Gasteiger partial charge on any atom is 0.346 e. The van der Waals surface area contributed by atoms with Crippen LogP contribution in [0.3, 0.4) is 0 Å². The highest BCUT2D eigenvalue weighted by molar-refractivity contribution is 5.86.